The lowest BCUT2D eigenvalue weighted by Gasteiger charge is -2.33. The van der Waals surface area contributed by atoms with Crippen molar-refractivity contribution in [2.24, 2.45) is 0 Å². The van der Waals surface area contributed by atoms with E-state index in [1.165, 1.54) is 37.4 Å². The van der Waals surface area contributed by atoms with E-state index in [0.717, 1.165) is 31.0 Å². The van der Waals surface area contributed by atoms with Crippen LogP contribution in [0.15, 0.2) is 48.5 Å². The Labute approximate surface area is 271 Å². The quantitative estimate of drug-likeness (QED) is 0.221. The third-order valence-corrected chi connectivity index (χ3v) is 9.51. The number of methoxy groups -OCH3 is 1. The number of aromatic nitrogens is 1. The first-order valence-electron chi connectivity index (χ1n) is 14.7. The number of benzene rings is 2. The molecule has 1 saturated carbocycles. The fourth-order valence-corrected chi connectivity index (χ4v) is 5.71. The topological polar surface area (TPSA) is 139 Å². The fraction of sp³-hybridized carbons (Fsp3) is 0.438. The second kappa shape index (κ2) is 12.7. The molecule has 5 rings (SSSR count). The lowest BCUT2D eigenvalue weighted by Crippen LogP contribution is -2.53. The molecule has 0 radical (unpaired) electrons. The van der Waals surface area contributed by atoms with Gasteiger partial charge in [0.2, 0.25) is 5.60 Å². The van der Waals surface area contributed by atoms with Crippen LogP contribution in [0.5, 0.6) is 17.2 Å². The van der Waals surface area contributed by atoms with Crippen LogP contribution in [-0.2, 0) is 22.1 Å². The number of hydrogen-bond donors (Lipinski definition) is 4. The molecule has 0 saturated heterocycles. The first-order valence-corrected chi connectivity index (χ1v) is 15.8. The Balaban J connectivity index is 1.56. The molecule has 3 atom stereocenters. The molecule has 3 aromatic rings. The minimum absolute atomic E-state index is 0.0311. The number of carbonyl (C=O) groups excluding carboxylic acids is 1. The summed E-state index contributed by atoms with van der Waals surface area (Å²) in [5.41, 5.74) is -6.54. The van der Waals surface area contributed by atoms with Gasteiger partial charge < -0.3 is 29.7 Å². The molecule has 3 unspecified atom stereocenters. The Hall–Kier alpha value is -3.79. The number of amides is 1. The second-order valence-electron chi connectivity index (χ2n) is 12.5. The Kier molecular flexibility index (Phi) is 9.31. The van der Waals surface area contributed by atoms with E-state index in [-0.39, 0.29) is 46.6 Å². The van der Waals surface area contributed by atoms with E-state index in [0.29, 0.717) is 5.75 Å². The van der Waals surface area contributed by atoms with Gasteiger partial charge in [0.05, 0.1) is 47.8 Å². The van der Waals surface area contributed by atoms with Crippen molar-refractivity contribution in [1.29, 1.82) is 0 Å². The summed E-state index contributed by atoms with van der Waals surface area (Å²) in [6.45, 7) is 2.53. The zero-order chi connectivity index (χ0) is 34.4. The largest absolute Gasteiger partial charge is 0.493 e. The molecule has 1 aromatic heterocycles. The summed E-state index contributed by atoms with van der Waals surface area (Å²) in [4.78, 5) is 17.2. The second-order valence-corrected chi connectivity index (χ2v) is 14.4. The first-order chi connectivity index (χ1) is 22.0. The highest BCUT2D eigenvalue weighted by Crippen LogP contribution is 2.47. The van der Waals surface area contributed by atoms with E-state index in [4.69, 9.17) is 14.2 Å². The van der Waals surface area contributed by atoms with E-state index >= 15 is 0 Å². The first kappa shape index (κ1) is 34.5. The number of pyridine rings is 1. The zero-order valence-corrected chi connectivity index (χ0v) is 26.9. The molecule has 254 valence electrons. The minimum Gasteiger partial charge on any atom is -0.493 e. The molecule has 1 aliphatic heterocycles. The maximum Gasteiger partial charge on any atom is 0.424 e. The van der Waals surface area contributed by atoms with Crippen molar-refractivity contribution in [2.75, 3.05) is 26.9 Å². The number of aliphatic hydroxyl groups is 2. The van der Waals surface area contributed by atoms with E-state index in [1.807, 2.05) is 0 Å². The van der Waals surface area contributed by atoms with Crippen LogP contribution < -0.4 is 24.2 Å². The van der Waals surface area contributed by atoms with Gasteiger partial charge in [-0.25, -0.2) is 18.3 Å². The van der Waals surface area contributed by atoms with Crippen molar-refractivity contribution < 1.29 is 51.0 Å². The van der Waals surface area contributed by atoms with Gasteiger partial charge in [-0.05, 0) is 82.1 Å². The molecular formula is C32H35F4N3O7S. The molecule has 0 bridgehead atoms. The average molecular weight is 682 g/mol. The van der Waals surface area contributed by atoms with E-state index in [2.05, 4.69) is 15.0 Å². The third kappa shape index (κ3) is 6.93. The number of halogens is 4. The number of rotatable bonds is 11. The van der Waals surface area contributed by atoms with Gasteiger partial charge in [-0.2, -0.15) is 13.2 Å². The number of alkyl halides is 3. The number of nitrogens with one attached hydrogen (secondary N) is 2. The SMILES string of the molecule is COc1cc(C(=O)NCC(O)(c2cc3c(c(-c4ccc(F)cc4)n2)OCC3(CO)NS(=O)C(C)(C)C)C(F)(F)F)ccc1OC1CC1. The molecule has 1 fully saturated rings. The molecule has 47 heavy (non-hydrogen) atoms. The number of hydrogen-bond acceptors (Lipinski definition) is 8. The van der Waals surface area contributed by atoms with Gasteiger partial charge in [-0.1, -0.05) is 0 Å². The molecule has 1 amide bonds. The lowest BCUT2D eigenvalue weighted by molar-refractivity contribution is -0.265. The predicted molar refractivity (Wildman–Crippen MR) is 164 cm³/mol. The van der Waals surface area contributed by atoms with Gasteiger partial charge in [-0.15, -0.1) is 0 Å². The van der Waals surface area contributed by atoms with Crippen molar-refractivity contribution in [3.05, 3.63) is 71.2 Å². The smallest absolute Gasteiger partial charge is 0.424 e. The van der Waals surface area contributed by atoms with E-state index < -0.39 is 63.6 Å². The van der Waals surface area contributed by atoms with Crippen molar-refractivity contribution in [1.82, 2.24) is 15.0 Å². The van der Waals surface area contributed by atoms with E-state index in [1.54, 1.807) is 20.8 Å². The zero-order valence-electron chi connectivity index (χ0n) is 26.0. The Morgan fingerprint density at radius 1 is 1.11 bits per heavy atom. The average Bonchev–Trinajstić information content (AvgIpc) is 3.77. The lowest BCUT2D eigenvalue weighted by atomic mass is 9.88. The van der Waals surface area contributed by atoms with Crippen LogP contribution in [0.25, 0.3) is 11.3 Å². The molecule has 2 heterocycles. The molecule has 1 aliphatic carbocycles. The fourth-order valence-electron chi connectivity index (χ4n) is 4.82. The highest BCUT2D eigenvalue weighted by Gasteiger charge is 2.58. The molecular weight excluding hydrogens is 646 g/mol. The normalized spacial score (nSPS) is 19.7. The van der Waals surface area contributed by atoms with Gasteiger partial charge in [0.25, 0.3) is 5.91 Å². The summed E-state index contributed by atoms with van der Waals surface area (Å²) in [7, 11) is -0.469. The van der Waals surface area contributed by atoms with Crippen LogP contribution in [0, 0.1) is 5.82 Å². The van der Waals surface area contributed by atoms with Gasteiger partial charge in [0, 0.05) is 16.7 Å². The summed E-state index contributed by atoms with van der Waals surface area (Å²) < 4.78 is 90.3. The van der Waals surface area contributed by atoms with Crippen LogP contribution in [0.1, 0.15) is 55.2 Å². The summed E-state index contributed by atoms with van der Waals surface area (Å²) in [6.07, 6.45) is -3.61. The van der Waals surface area contributed by atoms with Crippen LogP contribution in [0.2, 0.25) is 0 Å². The number of nitrogens with zero attached hydrogens (tertiary/aromatic N) is 1. The van der Waals surface area contributed by atoms with Gasteiger partial charge in [0.1, 0.15) is 23.7 Å². The van der Waals surface area contributed by atoms with Crippen molar-refractivity contribution in [3.8, 4) is 28.5 Å². The monoisotopic (exact) mass is 681 g/mol. The highest BCUT2D eigenvalue weighted by molar-refractivity contribution is 7.84. The van der Waals surface area contributed by atoms with Crippen molar-refractivity contribution >= 4 is 16.9 Å². The summed E-state index contributed by atoms with van der Waals surface area (Å²) in [5.74, 6) is -1.03. The highest BCUT2D eigenvalue weighted by atomic mass is 32.2. The molecule has 0 spiro atoms. The number of aliphatic hydroxyl groups excluding tert-OH is 1. The summed E-state index contributed by atoms with van der Waals surface area (Å²) >= 11 is 0. The molecule has 10 nitrogen and oxygen atoms in total. The molecule has 2 aliphatic rings. The van der Waals surface area contributed by atoms with Crippen molar-refractivity contribution in [2.45, 2.75) is 61.8 Å². The molecule has 4 N–H and O–H groups in total. The Morgan fingerprint density at radius 3 is 2.36 bits per heavy atom. The molecule has 15 heteroatoms. The molecule has 2 aromatic carbocycles. The number of fused-ring (bicyclic) bond motifs is 1. The number of ether oxygens (including phenoxy) is 3. The van der Waals surface area contributed by atoms with Crippen LogP contribution in [0.4, 0.5) is 17.6 Å². The maximum absolute atomic E-state index is 14.8. The van der Waals surface area contributed by atoms with E-state index in [9.17, 15) is 36.8 Å². The Bertz CT molecular complexity index is 1680. The van der Waals surface area contributed by atoms with Crippen molar-refractivity contribution in [3.63, 3.8) is 0 Å². The van der Waals surface area contributed by atoms with Crippen LogP contribution in [0.3, 0.4) is 0 Å². The third-order valence-electron chi connectivity index (χ3n) is 7.82. The van der Waals surface area contributed by atoms with Crippen LogP contribution >= 0.6 is 0 Å². The van der Waals surface area contributed by atoms with Gasteiger partial charge in [0.15, 0.2) is 17.2 Å². The summed E-state index contributed by atoms with van der Waals surface area (Å²) in [6, 6.07) is 9.73. The standard InChI is InChI=1S/C32H35F4N3O7S/c1-29(2,3)47(43)39-30(16-40)17-45-27-22(30)14-25(38-26(27)18-5-8-20(33)9-6-18)31(42,32(34,35)36)15-37-28(41)19-7-12-23(24(13-19)44-4)46-21-10-11-21/h5-9,12-14,21,39-40,42H,10-11,15-17H2,1-4H3,(H,37,41). The maximum atomic E-state index is 14.8. The van der Waals surface area contributed by atoms with Gasteiger partial charge in [-0.3, -0.25) is 4.79 Å². The number of carbonyl (C=O) groups is 1. The predicted octanol–water partition coefficient (Wildman–Crippen LogP) is 4.25. The Morgan fingerprint density at radius 2 is 1.79 bits per heavy atom. The summed E-state index contributed by atoms with van der Waals surface area (Å²) in [5, 5.41) is 24.1. The van der Waals surface area contributed by atoms with Crippen LogP contribution in [-0.4, -0.2) is 69.2 Å². The minimum atomic E-state index is -5.38. The van der Waals surface area contributed by atoms with Gasteiger partial charge >= 0.3 is 6.18 Å².